The van der Waals surface area contributed by atoms with E-state index < -0.39 is 0 Å². The molecule has 1 aliphatic carbocycles. The predicted molar refractivity (Wildman–Crippen MR) is 87.2 cm³/mol. The third-order valence-electron chi connectivity index (χ3n) is 5.79. The van der Waals surface area contributed by atoms with Crippen LogP contribution in [0.5, 0.6) is 0 Å². The van der Waals surface area contributed by atoms with E-state index in [0.29, 0.717) is 0 Å². The molecule has 1 amide bonds. The minimum Gasteiger partial charge on any atom is -0.363 e. The zero-order valence-electron chi connectivity index (χ0n) is 14.1. The number of hydrogen-bond acceptors (Lipinski definition) is 4. The average Bonchev–Trinajstić information content (AvgIpc) is 3.26. The zero-order chi connectivity index (χ0) is 16.0. The van der Waals surface area contributed by atoms with Crippen LogP contribution in [0.4, 0.5) is 5.69 Å². The number of morpholine rings is 1. The van der Waals surface area contributed by atoms with Gasteiger partial charge in [0.05, 0.1) is 23.5 Å². The van der Waals surface area contributed by atoms with Crippen molar-refractivity contribution in [2.75, 3.05) is 31.1 Å². The number of amides is 1. The lowest BCUT2D eigenvalue weighted by atomic mass is 9.82. The summed E-state index contributed by atoms with van der Waals surface area (Å²) in [5.41, 5.74) is 0.678. The van der Waals surface area contributed by atoms with E-state index in [4.69, 9.17) is 4.74 Å². The number of nitrogens with zero attached hydrogens (tertiary/aromatic N) is 4. The van der Waals surface area contributed by atoms with Gasteiger partial charge in [0.15, 0.2) is 0 Å². The Hall–Kier alpha value is -1.40. The molecule has 3 aliphatic rings. The Bertz CT molecular complexity index is 587. The fraction of sp³-hybridized carbons (Fsp3) is 0.765. The van der Waals surface area contributed by atoms with E-state index in [1.807, 2.05) is 18.1 Å². The van der Waals surface area contributed by atoms with Crippen LogP contribution in [0.15, 0.2) is 12.4 Å². The second-order valence-electron chi connectivity index (χ2n) is 7.41. The van der Waals surface area contributed by atoms with Crippen molar-refractivity contribution in [2.45, 2.75) is 44.2 Å². The van der Waals surface area contributed by atoms with Crippen molar-refractivity contribution in [1.82, 2.24) is 14.7 Å². The smallest absolute Gasteiger partial charge is 0.253 e. The summed E-state index contributed by atoms with van der Waals surface area (Å²) in [6.07, 6.45) is 8.50. The van der Waals surface area contributed by atoms with Gasteiger partial charge in [-0.2, -0.15) is 5.10 Å². The molecule has 3 heterocycles. The molecular weight excluding hydrogens is 292 g/mol. The first-order valence-electron chi connectivity index (χ1n) is 8.74. The highest BCUT2D eigenvalue weighted by Gasteiger charge is 2.48. The molecule has 0 bridgehead atoms. The maximum Gasteiger partial charge on any atom is 0.253 e. The van der Waals surface area contributed by atoms with Crippen LogP contribution in [0.1, 0.15) is 32.6 Å². The van der Waals surface area contributed by atoms with Gasteiger partial charge in [-0.1, -0.05) is 0 Å². The van der Waals surface area contributed by atoms with Crippen molar-refractivity contribution < 1.29 is 9.53 Å². The van der Waals surface area contributed by atoms with Crippen molar-refractivity contribution >= 4 is 11.6 Å². The third-order valence-corrected chi connectivity index (χ3v) is 5.79. The van der Waals surface area contributed by atoms with Gasteiger partial charge in [0.25, 0.3) is 5.91 Å². The molecule has 23 heavy (non-hydrogen) atoms. The number of likely N-dealkylation sites (tertiary alicyclic amines) is 1. The van der Waals surface area contributed by atoms with E-state index in [2.05, 4.69) is 16.9 Å². The first kappa shape index (κ1) is 15.1. The SMILES string of the molecule is C[C@H]1N(c2cnn(C)c2)C(=O)COC12CCN(CC1CC1)CC2. The number of hydrogen-bond donors (Lipinski definition) is 0. The van der Waals surface area contributed by atoms with Crippen molar-refractivity contribution in [3.63, 3.8) is 0 Å². The molecule has 2 aliphatic heterocycles. The Morgan fingerprint density at radius 3 is 2.70 bits per heavy atom. The van der Waals surface area contributed by atoms with E-state index in [-0.39, 0.29) is 24.2 Å². The molecule has 126 valence electrons. The summed E-state index contributed by atoms with van der Waals surface area (Å²) >= 11 is 0. The van der Waals surface area contributed by atoms with Crippen LogP contribution < -0.4 is 4.90 Å². The van der Waals surface area contributed by atoms with Gasteiger partial charge in [-0.3, -0.25) is 9.48 Å². The van der Waals surface area contributed by atoms with Crippen LogP contribution >= 0.6 is 0 Å². The molecule has 6 heteroatoms. The van der Waals surface area contributed by atoms with Crippen LogP contribution in [0.2, 0.25) is 0 Å². The average molecular weight is 318 g/mol. The number of carbonyl (C=O) groups excluding carboxylic acids is 1. The minimum atomic E-state index is -0.205. The maximum atomic E-state index is 12.4. The summed E-state index contributed by atoms with van der Waals surface area (Å²) < 4.78 is 7.86. The molecule has 1 saturated carbocycles. The Labute approximate surface area is 137 Å². The number of piperidine rings is 1. The summed E-state index contributed by atoms with van der Waals surface area (Å²) in [5, 5.41) is 4.22. The lowest BCUT2D eigenvalue weighted by Crippen LogP contribution is -2.64. The van der Waals surface area contributed by atoms with Gasteiger partial charge in [0.1, 0.15) is 6.61 Å². The molecule has 0 aromatic carbocycles. The molecule has 1 aromatic heterocycles. The van der Waals surface area contributed by atoms with Crippen LogP contribution in [-0.4, -0.2) is 58.5 Å². The number of rotatable bonds is 3. The Morgan fingerprint density at radius 2 is 2.09 bits per heavy atom. The molecule has 4 rings (SSSR count). The standard InChI is InChI=1S/C17H26N4O2/c1-13-17(5-7-20(8-6-17)10-14-3-4-14)23-12-16(22)21(13)15-9-18-19(2)11-15/h9,11,13-14H,3-8,10,12H2,1-2H3/t13-/m1/s1. The van der Waals surface area contributed by atoms with Gasteiger partial charge in [-0.05, 0) is 38.5 Å². The van der Waals surface area contributed by atoms with Gasteiger partial charge in [-0.25, -0.2) is 0 Å². The van der Waals surface area contributed by atoms with Gasteiger partial charge in [0.2, 0.25) is 0 Å². The first-order valence-corrected chi connectivity index (χ1v) is 8.74. The van der Waals surface area contributed by atoms with Gasteiger partial charge in [-0.15, -0.1) is 0 Å². The summed E-state index contributed by atoms with van der Waals surface area (Å²) in [4.78, 5) is 16.9. The molecule has 1 spiro atoms. The van der Waals surface area contributed by atoms with Crippen LogP contribution in [0, 0.1) is 5.92 Å². The van der Waals surface area contributed by atoms with Crippen LogP contribution in [0.25, 0.3) is 0 Å². The van der Waals surface area contributed by atoms with Gasteiger partial charge >= 0.3 is 0 Å². The number of aryl methyl sites for hydroxylation is 1. The summed E-state index contributed by atoms with van der Waals surface area (Å²) in [5.74, 6) is 0.971. The lowest BCUT2D eigenvalue weighted by molar-refractivity contribution is -0.152. The van der Waals surface area contributed by atoms with Crippen LogP contribution in [-0.2, 0) is 16.6 Å². The highest BCUT2D eigenvalue weighted by Crippen LogP contribution is 2.39. The quantitative estimate of drug-likeness (QED) is 0.846. The van der Waals surface area contributed by atoms with Crippen LogP contribution in [0.3, 0.4) is 0 Å². The number of ether oxygens (including phenoxy) is 1. The molecule has 0 radical (unpaired) electrons. The number of anilines is 1. The Balaban J connectivity index is 1.49. The highest BCUT2D eigenvalue weighted by atomic mass is 16.5. The highest BCUT2D eigenvalue weighted by molar-refractivity contribution is 5.95. The topological polar surface area (TPSA) is 50.6 Å². The van der Waals surface area contributed by atoms with Crippen molar-refractivity contribution in [3.05, 3.63) is 12.4 Å². The fourth-order valence-electron chi connectivity index (χ4n) is 4.09. The Morgan fingerprint density at radius 1 is 1.35 bits per heavy atom. The minimum absolute atomic E-state index is 0.0385. The van der Waals surface area contributed by atoms with Crippen molar-refractivity contribution in [3.8, 4) is 0 Å². The lowest BCUT2D eigenvalue weighted by Gasteiger charge is -2.51. The van der Waals surface area contributed by atoms with E-state index in [1.54, 1.807) is 10.9 Å². The monoisotopic (exact) mass is 318 g/mol. The maximum absolute atomic E-state index is 12.4. The largest absolute Gasteiger partial charge is 0.363 e. The van der Waals surface area contributed by atoms with E-state index >= 15 is 0 Å². The van der Waals surface area contributed by atoms with Crippen molar-refractivity contribution in [1.29, 1.82) is 0 Å². The summed E-state index contributed by atoms with van der Waals surface area (Å²) in [6, 6.07) is 0.0519. The third kappa shape index (κ3) is 2.78. The van der Waals surface area contributed by atoms with Gasteiger partial charge < -0.3 is 14.5 Å². The normalized spacial score (nSPS) is 28.5. The second kappa shape index (κ2) is 5.60. The summed E-state index contributed by atoms with van der Waals surface area (Å²) in [6.45, 7) is 5.71. The zero-order valence-corrected chi connectivity index (χ0v) is 14.1. The summed E-state index contributed by atoms with van der Waals surface area (Å²) in [7, 11) is 1.88. The van der Waals surface area contributed by atoms with E-state index in [0.717, 1.165) is 37.5 Å². The number of carbonyl (C=O) groups is 1. The van der Waals surface area contributed by atoms with E-state index in [1.165, 1.54) is 19.4 Å². The van der Waals surface area contributed by atoms with E-state index in [9.17, 15) is 4.79 Å². The molecule has 2 saturated heterocycles. The van der Waals surface area contributed by atoms with Crippen molar-refractivity contribution in [2.24, 2.45) is 13.0 Å². The molecule has 1 atom stereocenters. The Kier molecular flexibility index (Phi) is 3.69. The molecule has 0 unspecified atom stereocenters. The fourth-order valence-corrected chi connectivity index (χ4v) is 4.09. The predicted octanol–water partition coefficient (Wildman–Crippen LogP) is 1.42. The molecule has 1 aromatic rings. The van der Waals surface area contributed by atoms with Gasteiger partial charge in [0, 0.05) is 32.9 Å². The molecular formula is C17H26N4O2. The molecule has 3 fully saturated rings. The number of aromatic nitrogens is 2. The molecule has 6 nitrogen and oxygen atoms in total. The second-order valence-corrected chi connectivity index (χ2v) is 7.41. The molecule has 0 N–H and O–H groups in total. The first-order chi connectivity index (χ1) is 11.1.